The fourth-order valence-electron chi connectivity index (χ4n) is 1.97. The molecule has 0 heterocycles. The highest BCUT2D eigenvalue weighted by Crippen LogP contribution is 2.27. The summed E-state index contributed by atoms with van der Waals surface area (Å²) < 4.78 is 14.4. The zero-order chi connectivity index (χ0) is 14.7. The minimum Gasteiger partial charge on any atom is -0.479 e. The van der Waals surface area contributed by atoms with Gasteiger partial charge in [0, 0.05) is 23.0 Å². The highest BCUT2D eigenvalue weighted by atomic mass is 79.9. The molecule has 0 fully saturated rings. The SMILES string of the molecule is CC(=O)N(C(C)C)C(C(=O)O)c1ccc(Br)cc1F. The molecule has 0 saturated carbocycles. The lowest BCUT2D eigenvalue weighted by Gasteiger charge is -2.32. The largest absolute Gasteiger partial charge is 0.479 e. The Morgan fingerprint density at radius 1 is 1.37 bits per heavy atom. The molecule has 0 aliphatic rings. The van der Waals surface area contributed by atoms with Crippen LogP contribution >= 0.6 is 15.9 Å². The summed E-state index contributed by atoms with van der Waals surface area (Å²) >= 11 is 3.11. The van der Waals surface area contributed by atoms with E-state index in [1.807, 2.05) is 0 Å². The second-order valence-corrected chi connectivity index (χ2v) is 5.34. The fraction of sp³-hybridized carbons (Fsp3) is 0.385. The number of hydrogen-bond donors (Lipinski definition) is 1. The minimum atomic E-state index is -1.33. The Morgan fingerprint density at radius 3 is 2.32 bits per heavy atom. The van der Waals surface area contributed by atoms with Gasteiger partial charge in [-0.15, -0.1) is 0 Å². The first-order valence-corrected chi connectivity index (χ1v) is 6.51. The predicted molar refractivity (Wildman–Crippen MR) is 72.1 cm³/mol. The van der Waals surface area contributed by atoms with E-state index in [0.717, 1.165) is 4.90 Å². The number of carboxylic acid groups (broad SMARTS) is 1. The van der Waals surface area contributed by atoms with Crippen molar-refractivity contribution in [2.24, 2.45) is 0 Å². The number of rotatable bonds is 4. The van der Waals surface area contributed by atoms with Gasteiger partial charge in [0.1, 0.15) is 5.82 Å². The molecule has 0 bridgehead atoms. The minimum absolute atomic E-state index is 0.0281. The second kappa shape index (κ2) is 6.14. The molecule has 1 unspecified atom stereocenters. The lowest BCUT2D eigenvalue weighted by Crippen LogP contribution is -2.42. The van der Waals surface area contributed by atoms with E-state index in [0.29, 0.717) is 4.47 Å². The van der Waals surface area contributed by atoms with Gasteiger partial charge in [0.15, 0.2) is 6.04 Å². The zero-order valence-corrected chi connectivity index (χ0v) is 12.4. The number of nitrogens with zero attached hydrogens (tertiary/aromatic N) is 1. The van der Waals surface area contributed by atoms with Crippen LogP contribution in [0.5, 0.6) is 0 Å². The van der Waals surface area contributed by atoms with Crippen LogP contribution in [0.25, 0.3) is 0 Å². The summed E-state index contributed by atoms with van der Waals surface area (Å²) in [6.07, 6.45) is 0. The average Bonchev–Trinajstić information content (AvgIpc) is 2.25. The number of aliphatic carboxylic acids is 1. The van der Waals surface area contributed by atoms with Gasteiger partial charge in [-0.25, -0.2) is 9.18 Å². The summed E-state index contributed by atoms with van der Waals surface area (Å²) in [5.41, 5.74) is -0.0281. The van der Waals surface area contributed by atoms with Crippen LogP contribution in [0.4, 0.5) is 4.39 Å². The van der Waals surface area contributed by atoms with Gasteiger partial charge >= 0.3 is 5.97 Å². The van der Waals surface area contributed by atoms with Gasteiger partial charge in [-0.3, -0.25) is 4.79 Å². The van der Waals surface area contributed by atoms with Crippen LogP contribution in [0.1, 0.15) is 32.4 Å². The Labute approximate surface area is 119 Å². The highest BCUT2D eigenvalue weighted by Gasteiger charge is 2.33. The fourth-order valence-corrected chi connectivity index (χ4v) is 2.30. The summed E-state index contributed by atoms with van der Waals surface area (Å²) in [6, 6.07) is 2.43. The lowest BCUT2D eigenvalue weighted by atomic mass is 10.0. The van der Waals surface area contributed by atoms with Crippen LogP contribution in [-0.4, -0.2) is 27.9 Å². The van der Waals surface area contributed by atoms with Crippen molar-refractivity contribution in [3.05, 3.63) is 34.1 Å². The van der Waals surface area contributed by atoms with Crippen LogP contribution in [0.15, 0.2) is 22.7 Å². The third-order valence-corrected chi connectivity index (χ3v) is 3.18. The topological polar surface area (TPSA) is 57.6 Å². The number of carboxylic acids is 1. The van der Waals surface area contributed by atoms with Crippen LogP contribution in [0, 0.1) is 5.82 Å². The molecular weight excluding hydrogens is 317 g/mol. The van der Waals surface area contributed by atoms with E-state index in [9.17, 15) is 19.1 Å². The molecule has 0 spiro atoms. The molecule has 6 heteroatoms. The molecular formula is C13H15BrFNO3. The van der Waals surface area contributed by atoms with Crippen molar-refractivity contribution < 1.29 is 19.1 Å². The van der Waals surface area contributed by atoms with Crippen molar-refractivity contribution in [2.45, 2.75) is 32.9 Å². The summed E-state index contributed by atoms with van der Waals surface area (Å²) in [4.78, 5) is 24.2. The Kier molecular flexibility index (Phi) is 5.05. The molecule has 0 aliphatic carbocycles. The Hall–Kier alpha value is -1.43. The monoisotopic (exact) mass is 331 g/mol. The van der Waals surface area contributed by atoms with Crippen molar-refractivity contribution in [3.63, 3.8) is 0 Å². The molecule has 1 aromatic carbocycles. The van der Waals surface area contributed by atoms with E-state index >= 15 is 0 Å². The molecule has 104 valence electrons. The van der Waals surface area contributed by atoms with E-state index in [2.05, 4.69) is 15.9 Å². The standard InChI is InChI=1S/C13H15BrFNO3/c1-7(2)16(8(3)17)12(13(18)19)10-5-4-9(14)6-11(10)15/h4-7,12H,1-3H3,(H,18,19). The van der Waals surface area contributed by atoms with Crippen molar-refractivity contribution in [3.8, 4) is 0 Å². The maximum absolute atomic E-state index is 13.9. The van der Waals surface area contributed by atoms with E-state index in [4.69, 9.17) is 0 Å². The molecule has 0 aromatic heterocycles. The molecule has 0 saturated heterocycles. The van der Waals surface area contributed by atoms with E-state index < -0.39 is 23.7 Å². The van der Waals surface area contributed by atoms with Gasteiger partial charge in [0.05, 0.1) is 0 Å². The molecule has 1 aromatic rings. The predicted octanol–water partition coefficient (Wildman–Crippen LogP) is 2.97. The maximum atomic E-state index is 13.9. The van der Waals surface area contributed by atoms with Crippen LogP contribution in [0.2, 0.25) is 0 Å². The summed E-state index contributed by atoms with van der Waals surface area (Å²) in [5, 5.41) is 9.32. The number of carbonyl (C=O) groups excluding carboxylic acids is 1. The zero-order valence-electron chi connectivity index (χ0n) is 10.9. The molecule has 0 aliphatic heterocycles. The molecule has 0 radical (unpaired) electrons. The van der Waals surface area contributed by atoms with Gasteiger partial charge in [0.2, 0.25) is 5.91 Å². The van der Waals surface area contributed by atoms with Crippen molar-refractivity contribution in [1.82, 2.24) is 4.90 Å². The van der Waals surface area contributed by atoms with Crippen molar-refractivity contribution in [2.75, 3.05) is 0 Å². The Bertz CT molecular complexity index is 505. The number of amides is 1. The summed E-state index contributed by atoms with van der Waals surface area (Å²) in [7, 11) is 0. The second-order valence-electron chi connectivity index (χ2n) is 4.43. The smallest absolute Gasteiger partial charge is 0.331 e. The molecule has 19 heavy (non-hydrogen) atoms. The van der Waals surface area contributed by atoms with E-state index in [1.165, 1.54) is 19.1 Å². The van der Waals surface area contributed by atoms with Gasteiger partial charge < -0.3 is 10.0 Å². The lowest BCUT2D eigenvalue weighted by molar-refractivity contribution is -0.151. The number of carbonyl (C=O) groups is 2. The maximum Gasteiger partial charge on any atom is 0.331 e. The quantitative estimate of drug-likeness (QED) is 0.922. The number of halogens is 2. The van der Waals surface area contributed by atoms with Gasteiger partial charge in [0.25, 0.3) is 0 Å². The summed E-state index contributed by atoms with van der Waals surface area (Å²) in [6.45, 7) is 4.65. The highest BCUT2D eigenvalue weighted by molar-refractivity contribution is 9.10. The van der Waals surface area contributed by atoms with Gasteiger partial charge in [-0.1, -0.05) is 22.0 Å². The normalized spacial score (nSPS) is 12.3. The van der Waals surface area contributed by atoms with Gasteiger partial charge in [-0.05, 0) is 26.0 Å². The third-order valence-electron chi connectivity index (χ3n) is 2.69. The van der Waals surface area contributed by atoms with E-state index in [-0.39, 0.29) is 11.6 Å². The first kappa shape index (κ1) is 15.6. The summed E-state index contributed by atoms with van der Waals surface area (Å²) in [5.74, 6) is -2.33. The molecule has 1 N–H and O–H groups in total. The molecule has 1 amide bonds. The number of benzene rings is 1. The Morgan fingerprint density at radius 2 is 1.95 bits per heavy atom. The van der Waals surface area contributed by atoms with Gasteiger partial charge in [-0.2, -0.15) is 0 Å². The number of hydrogen-bond acceptors (Lipinski definition) is 2. The first-order valence-electron chi connectivity index (χ1n) is 5.72. The Balaban J connectivity index is 3.34. The van der Waals surface area contributed by atoms with Crippen LogP contribution in [-0.2, 0) is 9.59 Å². The van der Waals surface area contributed by atoms with Crippen molar-refractivity contribution in [1.29, 1.82) is 0 Å². The first-order chi connectivity index (χ1) is 8.75. The van der Waals surface area contributed by atoms with Crippen LogP contribution < -0.4 is 0 Å². The third kappa shape index (κ3) is 3.53. The molecule has 4 nitrogen and oxygen atoms in total. The molecule has 1 atom stereocenters. The van der Waals surface area contributed by atoms with Crippen LogP contribution in [0.3, 0.4) is 0 Å². The molecule has 1 rings (SSSR count). The van der Waals surface area contributed by atoms with Crippen molar-refractivity contribution >= 4 is 27.8 Å². The average molecular weight is 332 g/mol. The van der Waals surface area contributed by atoms with E-state index in [1.54, 1.807) is 19.9 Å².